The van der Waals surface area contributed by atoms with Gasteiger partial charge in [-0.15, -0.1) is 0 Å². The third-order valence-electron chi connectivity index (χ3n) is 4.67. The monoisotopic (exact) mass is 478 g/mol. The van der Waals surface area contributed by atoms with Gasteiger partial charge in [0.15, 0.2) is 0 Å². The van der Waals surface area contributed by atoms with Crippen molar-refractivity contribution in [1.82, 2.24) is 10.0 Å². The van der Waals surface area contributed by atoms with Crippen molar-refractivity contribution >= 4 is 34.2 Å². The number of phenols is 1. The molecule has 0 aliphatic heterocycles. The highest BCUT2D eigenvalue weighted by atomic mass is 32.2. The Bertz CT molecular complexity index is 1210. The minimum absolute atomic E-state index is 0.126. The number of aliphatic carboxylic acids is 1. The van der Waals surface area contributed by atoms with Gasteiger partial charge in [-0.1, -0.05) is 12.1 Å². The Morgan fingerprint density at radius 1 is 1.09 bits per heavy atom. The summed E-state index contributed by atoms with van der Waals surface area (Å²) in [6.07, 6.45) is -0.258. The van der Waals surface area contributed by atoms with E-state index in [4.69, 9.17) is 10.2 Å². The molecule has 1 atom stereocenters. The minimum Gasteiger partial charge on any atom is -0.507 e. The lowest BCUT2D eigenvalue weighted by atomic mass is 9.99. The Hall–Kier alpha value is -3.77. The summed E-state index contributed by atoms with van der Waals surface area (Å²) in [5.74, 6) is -3.97. The molecular formula is C21H22N2O9S. The zero-order valence-corrected chi connectivity index (χ0v) is 18.5. The summed E-state index contributed by atoms with van der Waals surface area (Å²) in [6, 6.07) is 7.57. The van der Waals surface area contributed by atoms with Crippen LogP contribution in [0.5, 0.6) is 5.75 Å². The van der Waals surface area contributed by atoms with Crippen molar-refractivity contribution in [3.05, 3.63) is 58.7 Å². The predicted octanol–water partition coefficient (Wildman–Crippen LogP) is 1.04. The number of aryl methyl sites for hydroxylation is 1. The zero-order valence-electron chi connectivity index (χ0n) is 17.7. The number of benzene rings is 2. The molecule has 12 heteroatoms. The average Bonchev–Trinajstić information content (AvgIpc) is 2.71. The fraction of sp³-hybridized carbons (Fsp3) is 0.238. The molecule has 2 aromatic rings. The standard InChI is InChI=1S/C21H22N2O9S/c1-12-7-16(25)15(20(29)30)8-17(12)33(31,32)22-10-13-3-5-14(6-4-13)19(28)23-21(2,11-24)9-18(26)27/h3-8,11,22,25H,9-10H2,1-2H3,(H,23,28)(H,26,27)(H,29,30)/t21-/m0/s1. The van der Waals surface area contributed by atoms with Gasteiger partial charge < -0.3 is 25.4 Å². The number of carbonyl (C=O) groups is 4. The molecule has 0 bridgehead atoms. The number of amides is 1. The topological polar surface area (TPSA) is 187 Å². The molecule has 0 aliphatic carbocycles. The highest BCUT2D eigenvalue weighted by Gasteiger charge is 2.29. The molecule has 0 saturated heterocycles. The number of nitrogens with one attached hydrogen (secondary N) is 2. The van der Waals surface area contributed by atoms with Crippen LogP contribution in [0.15, 0.2) is 41.3 Å². The number of aldehydes is 1. The molecule has 0 saturated carbocycles. The maximum Gasteiger partial charge on any atom is 0.339 e. The van der Waals surface area contributed by atoms with Crippen molar-refractivity contribution in [2.75, 3.05) is 0 Å². The van der Waals surface area contributed by atoms with Crippen molar-refractivity contribution < 1.29 is 42.9 Å². The summed E-state index contributed by atoms with van der Waals surface area (Å²) in [5, 5.41) is 30.0. The number of carboxylic acid groups (broad SMARTS) is 2. The fourth-order valence-corrected chi connectivity index (χ4v) is 4.19. The first-order valence-corrected chi connectivity index (χ1v) is 10.9. The Labute approximate surface area is 189 Å². The molecule has 0 aliphatic rings. The van der Waals surface area contributed by atoms with E-state index in [0.717, 1.165) is 12.1 Å². The van der Waals surface area contributed by atoms with E-state index in [2.05, 4.69) is 10.0 Å². The van der Waals surface area contributed by atoms with Crippen LogP contribution in [0.1, 0.15) is 45.2 Å². The van der Waals surface area contributed by atoms with Gasteiger partial charge in [-0.05, 0) is 49.2 Å². The van der Waals surface area contributed by atoms with Gasteiger partial charge in [0.25, 0.3) is 5.91 Å². The van der Waals surface area contributed by atoms with Gasteiger partial charge in [-0.3, -0.25) is 9.59 Å². The first kappa shape index (κ1) is 25.5. The fourth-order valence-electron chi connectivity index (χ4n) is 2.92. The van der Waals surface area contributed by atoms with E-state index in [1.807, 2.05) is 0 Å². The minimum atomic E-state index is -4.13. The summed E-state index contributed by atoms with van der Waals surface area (Å²) in [7, 11) is -4.13. The van der Waals surface area contributed by atoms with E-state index in [1.165, 1.54) is 38.1 Å². The summed E-state index contributed by atoms with van der Waals surface area (Å²) >= 11 is 0. The molecule has 0 heterocycles. The van der Waals surface area contributed by atoms with Crippen molar-refractivity contribution in [3.63, 3.8) is 0 Å². The largest absolute Gasteiger partial charge is 0.507 e. The Kier molecular flexibility index (Phi) is 7.57. The normalized spacial score (nSPS) is 13.0. The van der Waals surface area contributed by atoms with Gasteiger partial charge >= 0.3 is 11.9 Å². The van der Waals surface area contributed by atoms with E-state index in [-0.39, 0.29) is 22.6 Å². The van der Waals surface area contributed by atoms with E-state index >= 15 is 0 Å². The van der Waals surface area contributed by atoms with Gasteiger partial charge in [0.05, 0.1) is 11.3 Å². The van der Waals surface area contributed by atoms with Crippen molar-refractivity contribution in [2.24, 2.45) is 0 Å². The van der Waals surface area contributed by atoms with Crippen LogP contribution in [0, 0.1) is 6.92 Å². The summed E-state index contributed by atoms with van der Waals surface area (Å²) in [6.45, 7) is 2.50. The third-order valence-corrected chi connectivity index (χ3v) is 6.22. The zero-order chi connectivity index (χ0) is 25.0. The van der Waals surface area contributed by atoms with Gasteiger partial charge in [-0.2, -0.15) is 0 Å². The number of rotatable bonds is 10. The Morgan fingerprint density at radius 2 is 1.70 bits per heavy atom. The van der Waals surface area contributed by atoms with E-state index in [1.54, 1.807) is 0 Å². The number of sulfonamides is 1. The Morgan fingerprint density at radius 3 is 2.21 bits per heavy atom. The molecule has 0 fully saturated rings. The molecule has 5 N–H and O–H groups in total. The van der Waals surface area contributed by atoms with Crippen LogP contribution in [0.2, 0.25) is 0 Å². The number of carboxylic acids is 2. The lowest BCUT2D eigenvalue weighted by Gasteiger charge is -2.22. The van der Waals surface area contributed by atoms with Gasteiger partial charge in [0.1, 0.15) is 23.1 Å². The lowest BCUT2D eigenvalue weighted by molar-refractivity contribution is -0.139. The van der Waals surface area contributed by atoms with Crippen LogP contribution in [-0.4, -0.2) is 53.4 Å². The van der Waals surface area contributed by atoms with Gasteiger partial charge in [0, 0.05) is 12.1 Å². The second-order valence-corrected chi connectivity index (χ2v) is 9.26. The maximum absolute atomic E-state index is 12.6. The van der Waals surface area contributed by atoms with E-state index in [9.17, 15) is 32.7 Å². The molecule has 11 nitrogen and oxygen atoms in total. The molecule has 2 rings (SSSR count). The first-order chi connectivity index (χ1) is 15.3. The highest BCUT2D eigenvalue weighted by Crippen LogP contribution is 2.25. The van der Waals surface area contributed by atoms with Crippen LogP contribution in [0.3, 0.4) is 0 Å². The third kappa shape index (κ3) is 6.37. The molecule has 0 aromatic heterocycles. The molecule has 1 amide bonds. The quantitative estimate of drug-likeness (QED) is 0.311. The van der Waals surface area contributed by atoms with Crippen LogP contribution in [-0.2, 0) is 26.2 Å². The number of aromatic carboxylic acids is 1. The van der Waals surface area contributed by atoms with Crippen LogP contribution in [0.4, 0.5) is 0 Å². The predicted molar refractivity (Wildman–Crippen MR) is 114 cm³/mol. The molecule has 0 radical (unpaired) electrons. The SMILES string of the molecule is Cc1cc(O)c(C(=O)O)cc1S(=O)(=O)NCc1ccc(C(=O)N[C@](C)(C=O)CC(=O)O)cc1. The summed E-state index contributed by atoms with van der Waals surface area (Å²) in [4.78, 5) is 45.3. The molecular weight excluding hydrogens is 456 g/mol. The first-order valence-electron chi connectivity index (χ1n) is 9.44. The molecule has 176 valence electrons. The molecule has 0 spiro atoms. The summed E-state index contributed by atoms with van der Waals surface area (Å²) in [5.41, 5.74) is -1.40. The van der Waals surface area contributed by atoms with Crippen LogP contribution in [0.25, 0.3) is 0 Å². The van der Waals surface area contributed by atoms with Crippen molar-refractivity contribution in [1.29, 1.82) is 0 Å². The van der Waals surface area contributed by atoms with Crippen molar-refractivity contribution in [3.8, 4) is 5.75 Å². The van der Waals surface area contributed by atoms with Crippen LogP contribution < -0.4 is 10.0 Å². The molecule has 33 heavy (non-hydrogen) atoms. The van der Waals surface area contributed by atoms with Crippen LogP contribution >= 0.6 is 0 Å². The molecule has 2 aromatic carbocycles. The number of hydrogen-bond donors (Lipinski definition) is 5. The average molecular weight is 478 g/mol. The lowest BCUT2D eigenvalue weighted by Crippen LogP contribution is -2.48. The Balaban J connectivity index is 2.14. The second-order valence-electron chi connectivity index (χ2n) is 7.52. The van der Waals surface area contributed by atoms with Crippen molar-refractivity contribution in [2.45, 2.75) is 37.2 Å². The van der Waals surface area contributed by atoms with E-state index < -0.39 is 51.1 Å². The maximum atomic E-state index is 12.6. The number of carbonyl (C=O) groups excluding carboxylic acids is 2. The molecule has 0 unspecified atom stereocenters. The highest BCUT2D eigenvalue weighted by molar-refractivity contribution is 7.89. The van der Waals surface area contributed by atoms with E-state index in [0.29, 0.717) is 11.8 Å². The smallest absolute Gasteiger partial charge is 0.339 e. The van der Waals surface area contributed by atoms with Gasteiger partial charge in [0.2, 0.25) is 10.0 Å². The summed E-state index contributed by atoms with van der Waals surface area (Å²) < 4.78 is 27.6. The second kappa shape index (κ2) is 9.79. The number of hydrogen-bond acceptors (Lipinski definition) is 7. The number of aromatic hydroxyl groups is 1. The van der Waals surface area contributed by atoms with Gasteiger partial charge in [-0.25, -0.2) is 17.9 Å².